The molecule has 10 heteroatoms. The number of likely N-dealkylation sites (N-methyl/N-ethyl adjacent to an activating group) is 1. The molecule has 0 aliphatic heterocycles. The van der Waals surface area contributed by atoms with Gasteiger partial charge >= 0.3 is 19.8 Å². The van der Waals surface area contributed by atoms with Crippen LogP contribution < -0.4 is 0 Å². The molecule has 0 rings (SSSR count). The lowest BCUT2D eigenvalue weighted by atomic mass is 10.0. The van der Waals surface area contributed by atoms with Crippen LogP contribution in [0.5, 0.6) is 0 Å². The van der Waals surface area contributed by atoms with Crippen LogP contribution in [0.4, 0.5) is 0 Å². The molecule has 0 amide bonds. The van der Waals surface area contributed by atoms with Gasteiger partial charge in [0.15, 0.2) is 6.10 Å². The van der Waals surface area contributed by atoms with E-state index in [1.807, 2.05) is 21.1 Å². The zero-order valence-corrected chi connectivity index (χ0v) is 36.4. The maximum Gasteiger partial charge on any atom is 0.472 e. The number of phosphoric ester groups is 1. The minimum absolute atomic E-state index is 0.0367. The molecule has 0 aliphatic rings. The quantitative estimate of drug-likeness (QED) is 0.0283. The number of ether oxygens (including phenoxy) is 2. The monoisotopic (exact) mass is 777 g/mol. The van der Waals surface area contributed by atoms with E-state index in [4.69, 9.17) is 18.5 Å². The normalized spacial score (nSPS) is 13.5. The summed E-state index contributed by atoms with van der Waals surface area (Å²) in [5.74, 6) is -0.786. The first-order chi connectivity index (χ1) is 25.5. The maximum absolute atomic E-state index is 12.7. The number of hydrogen-bond acceptors (Lipinski definition) is 7. The molecule has 316 valence electrons. The van der Waals surface area contributed by atoms with Gasteiger partial charge in [-0.25, -0.2) is 4.57 Å². The third-order valence-electron chi connectivity index (χ3n) is 9.89. The van der Waals surface area contributed by atoms with E-state index in [0.717, 1.165) is 38.5 Å². The number of carbonyl (C=O) groups excluding carboxylic acids is 2. The van der Waals surface area contributed by atoms with Crippen molar-refractivity contribution in [1.29, 1.82) is 0 Å². The minimum atomic E-state index is -4.36. The Morgan fingerprint density at radius 1 is 0.509 bits per heavy atom. The lowest BCUT2D eigenvalue weighted by Gasteiger charge is -2.24. The smallest absolute Gasteiger partial charge is 0.462 e. The van der Waals surface area contributed by atoms with Gasteiger partial charge in [-0.05, 0) is 12.8 Å². The Labute approximate surface area is 327 Å². The molecule has 0 heterocycles. The second kappa shape index (κ2) is 36.6. The fourth-order valence-corrected chi connectivity index (χ4v) is 7.11. The third-order valence-corrected chi connectivity index (χ3v) is 10.9. The molecule has 0 radical (unpaired) electrons. The number of phosphoric acid groups is 1. The Bertz CT molecular complexity index is 881. The van der Waals surface area contributed by atoms with Crippen LogP contribution in [0.3, 0.4) is 0 Å². The van der Waals surface area contributed by atoms with Crippen LogP contribution >= 0.6 is 7.82 Å². The number of rotatable bonds is 41. The van der Waals surface area contributed by atoms with Gasteiger partial charge < -0.3 is 18.9 Å². The number of quaternary nitrogens is 1. The summed E-state index contributed by atoms with van der Waals surface area (Å²) in [6.45, 7) is 4.44. The lowest BCUT2D eigenvalue weighted by Crippen LogP contribution is -2.37. The van der Waals surface area contributed by atoms with Gasteiger partial charge in [0, 0.05) is 12.8 Å². The molecule has 0 aliphatic carbocycles. The predicted molar refractivity (Wildman–Crippen MR) is 220 cm³/mol. The Morgan fingerprint density at radius 2 is 0.849 bits per heavy atom. The van der Waals surface area contributed by atoms with Gasteiger partial charge in [-0.15, -0.1) is 0 Å². The number of unbranched alkanes of at least 4 members (excludes halogenated alkanes) is 27. The lowest BCUT2D eigenvalue weighted by molar-refractivity contribution is -0.870. The minimum Gasteiger partial charge on any atom is -0.462 e. The summed E-state index contributed by atoms with van der Waals surface area (Å²) in [4.78, 5) is 35.3. The number of carbonyl (C=O) groups is 2. The third kappa shape index (κ3) is 40.5. The van der Waals surface area contributed by atoms with E-state index >= 15 is 0 Å². The first kappa shape index (κ1) is 52.0. The van der Waals surface area contributed by atoms with E-state index in [9.17, 15) is 19.0 Å². The van der Waals surface area contributed by atoms with Crippen LogP contribution in [-0.4, -0.2) is 74.9 Å². The van der Waals surface area contributed by atoms with E-state index in [0.29, 0.717) is 17.4 Å². The highest BCUT2D eigenvalue weighted by molar-refractivity contribution is 7.47. The molecular weight excluding hydrogens is 689 g/mol. The molecule has 2 unspecified atom stereocenters. The van der Waals surface area contributed by atoms with Crippen molar-refractivity contribution in [2.75, 3.05) is 47.5 Å². The summed E-state index contributed by atoms with van der Waals surface area (Å²) in [6, 6.07) is 0. The average molecular weight is 777 g/mol. The molecule has 0 aromatic rings. The highest BCUT2D eigenvalue weighted by atomic mass is 31.2. The number of hydrogen-bond donors (Lipinski definition) is 1. The maximum atomic E-state index is 12.7. The summed E-state index contributed by atoms with van der Waals surface area (Å²) in [5, 5.41) is 0. The van der Waals surface area contributed by atoms with E-state index in [1.165, 1.54) is 148 Å². The first-order valence-electron chi connectivity index (χ1n) is 22.3. The standard InChI is InChI=1S/C43H86NO8P/c1-6-8-10-12-14-16-18-19-20-21-22-23-24-25-26-28-30-32-34-36-43(46)52-41(40-51-53(47,48)50-38-37-44(3,4)5)39-49-42(45)35-33-31-29-27-17-15-13-11-9-7-2/h41H,6-40H2,1-5H3/p+1. The molecule has 2 atom stereocenters. The van der Waals surface area contributed by atoms with Gasteiger partial charge in [0.25, 0.3) is 0 Å². The molecule has 0 bridgehead atoms. The Balaban J connectivity index is 4.24. The van der Waals surface area contributed by atoms with Crippen LogP contribution in [0.1, 0.15) is 213 Å². The van der Waals surface area contributed by atoms with E-state index in [2.05, 4.69) is 13.8 Å². The SMILES string of the molecule is CCCCCCCCCCCCCCCCCCCCCC(=O)OC(COC(=O)CCCCCCCCCCCC)COP(=O)(O)OCC[N+](C)(C)C. The van der Waals surface area contributed by atoms with Gasteiger partial charge in [-0.3, -0.25) is 18.6 Å². The van der Waals surface area contributed by atoms with E-state index in [-0.39, 0.29) is 25.6 Å². The van der Waals surface area contributed by atoms with Crippen LogP contribution in [0.25, 0.3) is 0 Å². The average Bonchev–Trinajstić information content (AvgIpc) is 3.10. The highest BCUT2D eigenvalue weighted by Crippen LogP contribution is 2.43. The molecule has 53 heavy (non-hydrogen) atoms. The Kier molecular flexibility index (Phi) is 36.0. The van der Waals surface area contributed by atoms with Crippen molar-refractivity contribution < 1.29 is 42.1 Å². The molecule has 0 aromatic heterocycles. The van der Waals surface area contributed by atoms with Gasteiger partial charge in [0.1, 0.15) is 19.8 Å². The Hall–Kier alpha value is -0.990. The van der Waals surface area contributed by atoms with Crippen LogP contribution in [0, 0.1) is 0 Å². The van der Waals surface area contributed by atoms with Crippen LogP contribution in [-0.2, 0) is 32.7 Å². The van der Waals surface area contributed by atoms with Crippen molar-refractivity contribution in [2.45, 2.75) is 219 Å². The molecule has 0 saturated heterocycles. The van der Waals surface area contributed by atoms with Gasteiger partial charge in [0.05, 0.1) is 27.7 Å². The fraction of sp³-hybridized carbons (Fsp3) is 0.953. The molecule has 0 saturated carbocycles. The zero-order valence-electron chi connectivity index (χ0n) is 35.5. The van der Waals surface area contributed by atoms with Crippen molar-refractivity contribution >= 4 is 19.8 Å². The summed E-state index contributed by atoms with van der Waals surface area (Å²) in [7, 11) is 1.49. The topological polar surface area (TPSA) is 108 Å². The molecule has 0 aromatic carbocycles. The largest absolute Gasteiger partial charge is 0.472 e. The highest BCUT2D eigenvalue weighted by Gasteiger charge is 2.27. The van der Waals surface area contributed by atoms with Crippen molar-refractivity contribution in [2.24, 2.45) is 0 Å². The zero-order chi connectivity index (χ0) is 39.3. The van der Waals surface area contributed by atoms with E-state index in [1.54, 1.807) is 0 Å². The number of nitrogens with zero attached hydrogens (tertiary/aromatic N) is 1. The fourth-order valence-electron chi connectivity index (χ4n) is 6.37. The molecular formula is C43H87NO8P+. The van der Waals surface area contributed by atoms with Crippen molar-refractivity contribution in [1.82, 2.24) is 0 Å². The summed E-state index contributed by atoms with van der Waals surface area (Å²) < 4.78 is 34.3. The first-order valence-corrected chi connectivity index (χ1v) is 23.8. The van der Waals surface area contributed by atoms with Crippen LogP contribution in [0.2, 0.25) is 0 Å². The van der Waals surface area contributed by atoms with E-state index < -0.39 is 26.5 Å². The van der Waals surface area contributed by atoms with Crippen molar-refractivity contribution in [3.05, 3.63) is 0 Å². The van der Waals surface area contributed by atoms with Gasteiger partial charge in [-0.2, -0.15) is 0 Å². The second-order valence-electron chi connectivity index (χ2n) is 16.5. The molecule has 9 nitrogen and oxygen atoms in total. The molecule has 1 N–H and O–H groups in total. The second-order valence-corrected chi connectivity index (χ2v) is 17.9. The van der Waals surface area contributed by atoms with Crippen molar-refractivity contribution in [3.63, 3.8) is 0 Å². The van der Waals surface area contributed by atoms with Gasteiger partial charge in [-0.1, -0.05) is 187 Å². The molecule has 0 fully saturated rings. The molecule has 0 spiro atoms. The Morgan fingerprint density at radius 3 is 1.21 bits per heavy atom. The van der Waals surface area contributed by atoms with Gasteiger partial charge in [0.2, 0.25) is 0 Å². The summed E-state index contributed by atoms with van der Waals surface area (Å²) >= 11 is 0. The summed E-state index contributed by atoms with van der Waals surface area (Å²) in [6.07, 6.45) is 35.8. The van der Waals surface area contributed by atoms with Crippen LogP contribution in [0.15, 0.2) is 0 Å². The van der Waals surface area contributed by atoms with Crippen molar-refractivity contribution in [3.8, 4) is 0 Å². The summed E-state index contributed by atoms with van der Waals surface area (Å²) in [5.41, 5.74) is 0. The predicted octanol–water partition coefficient (Wildman–Crippen LogP) is 12.4. The number of esters is 2.